The van der Waals surface area contributed by atoms with Gasteiger partial charge >= 0.3 is 0 Å². The minimum absolute atomic E-state index is 0.421. The van der Waals surface area contributed by atoms with Gasteiger partial charge in [0.15, 0.2) is 0 Å². The lowest BCUT2D eigenvalue weighted by Crippen LogP contribution is -2.22. The van der Waals surface area contributed by atoms with Gasteiger partial charge in [0.1, 0.15) is 0 Å². The molecule has 1 unspecified atom stereocenters. The van der Waals surface area contributed by atoms with Gasteiger partial charge in [0, 0.05) is 19.3 Å². The lowest BCUT2D eigenvalue weighted by molar-refractivity contribution is 0.0134. The summed E-state index contributed by atoms with van der Waals surface area (Å²) in [7, 11) is 0. The molecule has 1 aromatic rings. The van der Waals surface area contributed by atoms with Crippen LogP contribution in [0.15, 0.2) is 18.5 Å². The fourth-order valence-electron chi connectivity index (χ4n) is 1.97. The van der Waals surface area contributed by atoms with Crippen molar-refractivity contribution in [3.63, 3.8) is 0 Å². The Morgan fingerprint density at radius 1 is 1.50 bits per heavy atom. The number of aromatic nitrogens is 1. The first kappa shape index (κ1) is 11.2. The monoisotopic (exact) mass is 221 g/mol. The van der Waals surface area contributed by atoms with Crippen LogP contribution in [0.3, 0.4) is 0 Å². The lowest BCUT2D eigenvalue weighted by Gasteiger charge is -2.22. The molecule has 1 aliphatic rings. The predicted molar refractivity (Wildman–Crippen MR) is 65.3 cm³/mol. The zero-order valence-electron chi connectivity index (χ0n) is 9.48. The van der Waals surface area contributed by atoms with Gasteiger partial charge in [0.05, 0.1) is 23.7 Å². The summed E-state index contributed by atoms with van der Waals surface area (Å²) in [6.45, 7) is 1.82. The number of hydrogen-bond donors (Lipinski definition) is 2. The third-order valence-corrected chi connectivity index (χ3v) is 2.91. The molecule has 0 spiro atoms. The highest BCUT2D eigenvalue weighted by Gasteiger charge is 2.12. The van der Waals surface area contributed by atoms with E-state index in [0.29, 0.717) is 11.8 Å². The molecule has 0 bridgehead atoms. The Balaban J connectivity index is 1.73. The van der Waals surface area contributed by atoms with Crippen molar-refractivity contribution < 1.29 is 4.74 Å². The van der Waals surface area contributed by atoms with Crippen molar-refractivity contribution in [3.05, 3.63) is 18.5 Å². The number of anilines is 2. The summed E-state index contributed by atoms with van der Waals surface area (Å²) in [5, 5.41) is 3.32. The fraction of sp³-hybridized carbons (Fsp3) is 0.583. The van der Waals surface area contributed by atoms with Gasteiger partial charge in [-0.25, -0.2) is 0 Å². The molecule has 1 atom stereocenters. The van der Waals surface area contributed by atoms with Gasteiger partial charge in [-0.3, -0.25) is 4.98 Å². The Hall–Kier alpha value is -1.29. The number of nitrogens with one attached hydrogen (secondary N) is 1. The van der Waals surface area contributed by atoms with Crippen LogP contribution in [0.1, 0.15) is 25.7 Å². The highest BCUT2D eigenvalue weighted by molar-refractivity contribution is 5.64. The molecule has 3 N–H and O–H groups in total. The molecule has 1 saturated heterocycles. The second-order valence-corrected chi connectivity index (χ2v) is 4.17. The standard InChI is InChI=1S/C12H19N3O/c13-11-9-14-6-5-12(11)15-7-4-10-3-1-2-8-16-10/h5-6,9-10H,1-4,7-8,13H2,(H,14,15). The smallest absolute Gasteiger partial charge is 0.0736 e. The zero-order chi connectivity index (χ0) is 11.2. The average molecular weight is 221 g/mol. The van der Waals surface area contributed by atoms with E-state index in [4.69, 9.17) is 10.5 Å². The molecule has 1 fully saturated rings. The maximum absolute atomic E-state index is 5.78. The van der Waals surface area contributed by atoms with Crippen LogP contribution in [0.5, 0.6) is 0 Å². The maximum atomic E-state index is 5.78. The van der Waals surface area contributed by atoms with Crippen LogP contribution in [0.25, 0.3) is 0 Å². The first-order chi connectivity index (χ1) is 7.86. The van der Waals surface area contributed by atoms with Gasteiger partial charge in [-0.1, -0.05) is 0 Å². The van der Waals surface area contributed by atoms with E-state index < -0.39 is 0 Å². The van der Waals surface area contributed by atoms with Gasteiger partial charge in [-0.2, -0.15) is 0 Å². The molecular formula is C12H19N3O. The van der Waals surface area contributed by atoms with Crippen molar-refractivity contribution in [1.29, 1.82) is 0 Å². The average Bonchev–Trinajstić information content (AvgIpc) is 2.33. The Labute approximate surface area is 96.2 Å². The van der Waals surface area contributed by atoms with Crippen LogP contribution in [0, 0.1) is 0 Å². The summed E-state index contributed by atoms with van der Waals surface area (Å²) in [5.74, 6) is 0. The maximum Gasteiger partial charge on any atom is 0.0736 e. The highest BCUT2D eigenvalue weighted by Crippen LogP contribution is 2.18. The fourth-order valence-corrected chi connectivity index (χ4v) is 1.97. The molecule has 0 aromatic carbocycles. The molecule has 1 aromatic heterocycles. The van der Waals surface area contributed by atoms with Gasteiger partial charge < -0.3 is 15.8 Å². The van der Waals surface area contributed by atoms with Gasteiger partial charge in [-0.05, 0) is 31.7 Å². The molecule has 2 heterocycles. The summed E-state index contributed by atoms with van der Waals surface area (Å²) >= 11 is 0. The number of nitrogens with zero attached hydrogens (tertiary/aromatic N) is 1. The number of nitrogen functional groups attached to an aromatic ring is 1. The topological polar surface area (TPSA) is 60.2 Å². The van der Waals surface area contributed by atoms with Crippen molar-refractivity contribution in [2.45, 2.75) is 31.8 Å². The predicted octanol–water partition coefficient (Wildman–Crippen LogP) is 2.03. The largest absolute Gasteiger partial charge is 0.396 e. The van der Waals surface area contributed by atoms with E-state index in [1.807, 2.05) is 6.07 Å². The minimum atomic E-state index is 0.421. The molecule has 2 rings (SSSR count). The lowest BCUT2D eigenvalue weighted by atomic mass is 10.1. The van der Waals surface area contributed by atoms with Crippen molar-refractivity contribution in [2.75, 3.05) is 24.2 Å². The highest BCUT2D eigenvalue weighted by atomic mass is 16.5. The van der Waals surface area contributed by atoms with E-state index in [2.05, 4.69) is 10.3 Å². The van der Waals surface area contributed by atoms with Crippen LogP contribution in [0.4, 0.5) is 11.4 Å². The van der Waals surface area contributed by atoms with Gasteiger partial charge in [-0.15, -0.1) is 0 Å². The van der Waals surface area contributed by atoms with E-state index in [-0.39, 0.29) is 0 Å². The summed E-state index contributed by atoms with van der Waals surface area (Å²) in [5.41, 5.74) is 7.45. The third kappa shape index (κ3) is 3.10. The summed E-state index contributed by atoms with van der Waals surface area (Å²) in [4.78, 5) is 3.95. The number of pyridine rings is 1. The van der Waals surface area contributed by atoms with Crippen molar-refractivity contribution in [1.82, 2.24) is 4.98 Å². The van der Waals surface area contributed by atoms with E-state index in [9.17, 15) is 0 Å². The van der Waals surface area contributed by atoms with E-state index in [1.54, 1.807) is 12.4 Å². The van der Waals surface area contributed by atoms with E-state index in [0.717, 1.165) is 25.3 Å². The number of rotatable bonds is 4. The third-order valence-electron chi connectivity index (χ3n) is 2.91. The first-order valence-electron chi connectivity index (χ1n) is 5.91. The van der Waals surface area contributed by atoms with Crippen LogP contribution in [-0.2, 0) is 4.74 Å². The number of nitrogens with two attached hydrogens (primary N) is 1. The molecule has 0 saturated carbocycles. The molecule has 0 radical (unpaired) electrons. The molecule has 4 nitrogen and oxygen atoms in total. The Morgan fingerprint density at radius 3 is 3.19 bits per heavy atom. The molecule has 1 aliphatic heterocycles. The number of ether oxygens (including phenoxy) is 1. The summed E-state index contributed by atoms with van der Waals surface area (Å²) in [6.07, 6.45) is 8.57. The minimum Gasteiger partial charge on any atom is -0.396 e. The van der Waals surface area contributed by atoms with Crippen LogP contribution in [0.2, 0.25) is 0 Å². The van der Waals surface area contributed by atoms with Gasteiger partial charge in [0.2, 0.25) is 0 Å². The quantitative estimate of drug-likeness (QED) is 0.816. The molecule has 16 heavy (non-hydrogen) atoms. The summed E-state index contributed by atoms with van der Waals surface area (Å²) < 4.78 is 5.66. The van der Waals surface area contributed by atoms with Crippen LogP contribution in [-0.4, -0.2) is 24.2 Å². The molecule has 88 valence electrons. The van der Waals surface area contributed by atoms with E-state index in [1.165, 1.54) is 19.3 Å². The van der Waals surface area contributed by atoms with Crippen molar-refractivity contribution >= 4 is 11.4 Å². The second-order valence-electron chi connectivity index (χ2n) is 4.17. The molecule has 0 aliphatic carbocycles. The Bertz CT molecular complexity index is 324. The van der Waals surface area contributed by atoms with Crippen LogP contribution < -0.4 is 11.1 Å². The number of hydrogen-bond acceptors (Lipinski definition) is 4. The molecular weight excluding hydrogens is 202 g/mol. The zero-order valence-corrected chi connectivity index (χ0v) is 9.48. The SMILES string of the molecule is Nc1cnccc1NCCC1CCCCO1. The molecule has 4 heteroatoms. The first-order valence-corrected chi connectivity index (χ1v) is 5.91. The van der Waals surface area contributed by atoms with Crippen molar-refractivity contribution in [2.24, 2.45) is 0 Å². The normalized spacial score (nSPS) is 20.6. The van der Waals surface area contributed by atoms with E-state index >= 15 is 0 Å². The Morgan fingerprint density at radius 2 is 2.44 bits per heavy atom. The second kappa shape index (κ2) is 5.70. The van der Waals surface area contributed by atoms with Gasteiger partial charge in [0.25, 0.3) is 0 Å². The summed E-state index contributed by atoms with van der Waals surface area (Å²) in [6, 6.07) is 1.90. The molecule has 0 amide bonds. The Kier molecular flexibility index (Phi) is 3.99. The van der Waals surface area contributed by atoms with Crippen LogP contribution >= 0.6 is 0 Å². The van der Waals surface area contributed by atoms with Crippen molar-refractivity contribution in [3.8, 4) is 0 Å².